The molecule has 1 unspecified atom stereocenters. The second-order valence-electron chi connectivity index (χ2n) is 6.62. The lowest BCUT2D eigenvalue weighted by molar-refractivity contribution is -0.149. The van der Waals surface area contributed by atoms with Gasteiger partial charge in [0.05, 0.1) is 0 Å². The number of ether oxygens (including phenoxy) is 1. The number of rotatable bonds is 5. The number of piperazine rings is 1. The van der Waals surface area contributed by atoms with Crippen LogP contribution in [0, 0.1) is 0 Å². The first-order chi connectivity index (χ1) is 11.5. The van der Waals surface area contributed by atoms with Crippen molar-refractivity contribution in [2.24, 2.45) is 0 Å². The van der Waals surface area contributed by atoms with Gasteiger partial charge in [-0.15, -0.1) is 0 Å². The number of ketones is 1. The summed E-state index contributed by atoms with van der Waals surface area (Å²) in [5.41, 5.74) is 3.17. The van der Waals surface area contributed by atoms with Gasteiger partial charge in [-0.3, -0.25) is 9.69 Å². The van der Waals surface area contributed by atoms with Gasteiger partial charge >= 0.3 is 5.97 Å². The molecule has 6 heteroatoms. The lowest BCUT2D eigenvalue weighted by Gasteiger charge is -2.33. The Morgan fingerprint density at radius 2 is 1.96 bits per heavy atom. The Kier molecular flexibility index (Phi) is 4.99. The third-order valence-electron chi connectivity index (χ3n) is 5.06. The van der Waals surface area contributed by atoms with Crippen molar-refractivity contribution in [1.82, 2.24) is 9.80 Å². The summed E-state index contributed by atoms with van der Waals surface area (Å²) >= 11 is 0. The monoisotopic (exact) mass is 332 g/mol. The Bertz CT molecular complexity index is 651. The molecule has 6 nitrogen and oxygen atoms in total. The standard InChI is InChI=1S/C18H24N2O4/c1-19-7-9-20(10-8-19)11-12-3-4-13-14(5-6-15(13)21)16(12)17(24-2)18(22)23/h3-4,17H,5-11H2,1-2H3,(H,22,23). The van der Waals surface area contributed by atoms with Crippen LogP contribution in [0.3, 0.4) is 0 Å². The van der Waals surface area contributed by atoms with Crippen LogP contribution in [0.5, 0.6) is 0 Å². The van der Waals surface area contributed by atoms with E-state index in [-0.39, 0.29) is 5.78 Å². The molecule has 0 amide bonds. The molecule has 1 N–H and O–H groups in total. The highest BCUT2D eigenvalue weighted by Crippen LogP contribution is 2.34. The summed E-state index contributed by atoms with van der Waals surface area (Å²) < 4.78 is 5.27. The number of Topliss-reactive ketones (excluding diaryl/α,β-unsaturated/α-hetero) is 1. The highest BCUT2D eigenvalue weighted by molar-refractivity contribution is 6.01. The lowest BCUT2D eigenvalue weighted by atomic mass is 9.92. The fraction of sp³-hybridized carbons (Fsp3) is 0.556. The number of benzene rings is 1. The zero-order chi connectivity index (χ0) is 17.3. The molecular weight excluding hydrogens is 308 g/mol. The summed E-state index contributed by atoms with van der Waals surface area (Å²) in [5.74, 6) is -0.914. The van der Waals surface area contributed by atoms with Gasteiger partial charge in [-0.05, 0) is 24.6 Å². The average molecular weight is 332 g/mol. The third-order valence-corrected chi connectivity index (χ3v) is 5.06. The van der Waals surface area contributed by atoms with Crippen LogP contribution in [-0.4, -0.2) is 67.0 Å². The summed E-state index contributed by atoms with van der Waals surface area (Å²) in [4.78, 5) is 28.3. The first kappa shape index (κ1) is 17.1. The largest absolute Gasteiger partial charge is 0.479 e. The Morgan fingerprint density at radius 1 is 1.25 bits per heavy atom. The molecule has 0 radical (unpaired) electrons. The molecule has 130 valence electrons. The van der Waals surface area contributed by atoms with Crippen molar-refractivity contribution in [3.63, 3.8) is 0 Å². The number of hydrogen-bond donors (Lipinski definition) is 1. The van der Waals surface area contributed by atoms with Crippen molar-refractivity contribution >= 4 is 11.8 Å². The SMILES string of the molecule is COC(C(=O)O)c1c(CN2CCN(C)CC2)ccc2c1CCC2=O. The van der Waals surface area contributed by atoms with Crippen molar-refractivity contribution in [2.75, 3.05) is 40.3 Å². The lowest BCUT2D eigenvalue weighted by Crippen LogP contribution is -2.44. The molecule has 0 bridgehead atoms. The fourth-order valence-electron chi connectivity index (χ4n) is 3.67. The predicted octanol–water partition coefficient (Wildman–Crippen LogP) is 1.34. The quantitative estimate of drug-likeness (QED) is 0.877. The zero-order valence-corrected chi connectivity index (χ0v) is 14.2. The van der Waals surface area contributed by atoms with Gasteiger partial charge in [0, 0.05) is 57.4 Å². The van der Waals surface area contributed by atoms with Gasteiger partial charge < -0.3 is 14.7 Å². The second kappa shape index (κ2) is 7.01. The van der Waals surface area contributed by atoms with Crippen molar-refractivity contribution in [3.05, 3.63) is 34.4 Å². The summed E-state index contributed by atoms with van der Waals surface area (Å²) in [7, 11) is 3.52. The van der Waals surface area contributed by atoms with Crippen molar-refractivity contribution in [3.8, 4) is 0 Å². The van der Waals surface area contributed by atoms with Crippen molar-refractivity contribution < 1.29 is 19.4 Å². The topological polar surface area (TPSA) is 70.1 Å². The zero-order valence-electron chi connectivity index (χ0n) is 14.2. The Hall–Kier alpha value is -1.76. The van der Waals surface area contributed by atoms with Gasteiger partial charge in [-0.2, -0.15) is 0 Å². The molecule has 1 atom stereocenters. The van der Waals surface area contributed by atoms with E-state index in [1.165, 1.54) is 7.11 Å². The van der Waals surface area contributed by atoms with Crippen molar-refractivity contribution in [2.45, 2.75) is 25.5 Å². The molecule has 2 aliphatic rings. The van der Waals surface area contributed by atoms with Gasteiger partial charge in [0.25, 0.3) is 0 Å². The molecule has 24 heavy (non-hydrogen) atoms. The van der Waals surface area contributed by atoms with E-state index in [0.717, 1.165) is 37.3 Å². The molecule has 1 aliphatic heterocycles. The number of fused-ring (bicyclic) bond motifs is 1. The minimum Gasteiger partial charge on any atom is -0.479 e. The first-order valence-electron chi connectivity index (χ1n) is 8.35. The number of hydrogen-bond acceptors (Lipinski definition) is 5. The van der Waals surface area contributed by atoms with E-state index in [1.807, 2.05) is 12.1 Å². The normalized spacial score (nSPS) is 20.2. The van der Waals surface area contributed by atoms with Crippen LogP contribution in [0.15, 0.2) is 12.1 Å². The van der Waals surface area contributed by atoms with Crippen LogP contribution in [0.25, 0.3) is 0 Å². The van der Waals surface area contributed by atoms with Gasteiger partial charge in [-0.1, -0.05) is 12.1 Å². The second-order valence-corrected chi connectivity index (χ2v) is 6.62. The third kappa shape index (κ3) is 3.22. The molecule has 0 saturated carbocycles. The van der Waals surface area contributed by atoms with Crippen LogP contribution in [0.1, 0.15) is 39.6 Å². The Labute approximate surface area is 142 Å². The highest BCUT2D eigenvalue weighted by atomic mass is 16.5. The van der Waals surface area contributed by atoms with E-state index in [4.69, 9.17) is 4.74 Å². The number of carbonyl (C=O) groups excluding carboxylic acids is 1. The van der Waals surface area contributed by atoms with E-state index < -0.39 is 12.1 Å². The van der Waals surface area contributed by atoms with Crippen LogP contribution in [-0.2, 0) is 22.5 Å². The number of methoxy groups -OCH3 is 1. The van der Waals surface area contributed by atoms with Gasteiger partial charge in [0.2, 0.25) is 0 Å². The minimum atomic E-state index is -1.02. The summed E-state index contributed by atoms with van der Waals surface area (Å²) in [6.45, 7) is 4.61. The molecule has 0 spiro atoms. The molecule has 1 aromatic rings. The molecule has 1 heterocycles. The molecule has 1 saturated heterocycles. The fourth-order valence-corrected chi connectivity index (χ4v) is 3.67. The number of carboxylic acid groups (broad SMARTS) is 1. The van der Waals surface area contributed by atoms with Gasteiger partial charge in [0.15, 0.2) is 11.9 Å². The van der Waals surface area contributed by atoms with E-state index >= 15 is 0 Å². The smallest absolute Gasteiger partial charge is 0.337 e. The van der Waals surface area contributed by atoms with E-state index in [0.29, 0.717) is 30.5 Å². The summed E-state index contributed by atoms with van der Waals surface area (Å²) in [6.07, 6.45) is 0.0390. The molecule has 1 aromatic carbocycles. The highest BCUT2D eigenvalue weighted by Gasteiger charge is 2.32. The van der Waals surface area contributed by atoms with Gasteiger partial charge in [-0.25, -0.2) is 4.79 Å². The summed E-state index contributed by atoms with van der Waals surface area (Å²) in [6, 6.07) is 3.76. The summed E-state index contributed by atoms with van der Waals surface area (Å²) in [5, 5.41) is 9.56. The number of aliphatic carboxylic acids is 1. The molecular formula is C18H24N2O4. The maximum absolute atomic E-state index is 12.0. The predicted molar refractivity (Wildman–Crippen MR) is 89.3 cm³/mol. The molecule has 0 aromatic heterocycles. The molecule has 1 fully saturated rings. The maximum atomic E-state index is 12.0. The van der Waals surface area contributed by atoms with E-state index in [1.54, 1.807) is 0 Å². The van der Waals surface area contributed by atoms with Crippen LogP contribution in [0.4, 0.5) is 0 Å². The average Bonchev–Trinajstić information content (AvgIpc) is 2.93. The van der Waals surface area contributed by atoms with Crippen LogP contribution >= 0.6 is 0 Å². The number of carbonyl (C=O) groups is 2. The van der Waals surface area contributed by atoms with E-state index in [2.05, 4.69) is 16.8 Å². The minimum absolute atomic E-state index is 0.0950. The van der Waals surface area contributed by atoms with Crippen LogP contribution in [0.2, 0.25) is 0 Å². The van der Waals surface area contributed by atoms with Crippen LogP contribution < -0.4 is 0 Å². The number of likely N-dealkylation sites (N-methyl/N-ethyl adjacent to an activating group) is 1. The number of carboxylic acids is 1. The molecule has 1 aliphatic carbocycles. The maximum Gasteiger partial charge on any atom is 0.337 e. The molecule has 3 rings (SSSR count). The van der Waals surface area contributed by atoms with E-state index in [9.17, 15) is 14.7 Å². The first-order valence-corrected chi connectivity index (χ1v) is 8.35. The Balaban J connectivity index is 1.96. The van der Waals surface area contributed by atoms with Gasteiger partial charge in [0.1, 0.15) is 0 Å². The van der Waals surface area contributed by atoms with Crippen molar-refractivity contribution in [1.29, 1.82) is 0 Å². The Morgan fingerprint density at radius 3 is 2.58 bits per heavy atom. The number of nitrogens with zero attached hydrogens (tertiary/aromatic N) is 2.